The zero-order valence-electron chi connectivity index (χ0n) is 14.3. The van der Waals surface area contributed by atoms with Gasteiger partial charge in [-0.1, -0.05) is 103 Å². The topological polar surface area (TPSA) is 0 Å². The molecule has 0 bridgehead atoms. The molecule has 4 aromatic carbocycles. The molecule has 0 radical (unpaired) electrons. The molecule has 0 heteroatoms. The second kappa shape index (κ2) is 6.78. The van der Waals surface area contributed by atoms with Gasteiger partial charge in [-0.2, -0.15) is 0 Å². The quantitative estimate of drug-likeness (QED) is 0.276. The van der Waals surface area contributed by atoms with Crippen LogP contribution in [0.3, 0.4) is 0 Å². The number of fused-ring (bicyclic) bond motifs is 2. The molecular formula is C25H20. The van der Waals surface area contributed by atoms with E-state index in [-0.39, 0.29) is 0 Å². The van der Waals surface area contributed by atoms with E-state index in [0.29, 0.717) is 0 Å². The minimum Gasteiger partial charge on any atom is -0.0870 e. The molecule has 0 saturated heterocycles. The molecule has 0 N–H and O–H groups in total. The highest BCUT2D eigenvalue weighted by molar-refractivity contribution is 6.13. The maximum absolute atomic E-state index is 2.25. The molecule has 0 aliphatic carbocycles. The largest absolute Gasteiger partial charge is 0.0870 e. The van der Waals surface area contributed by atoms with Gasteiger partial charge >= 0.3 is 0 Å². The fraction of sp³-hybridized carbons (Fsp3) is 0.0400. The molecule has 0 aromatic heterocycles. The van der Waals surface area contributed by atoms with Crippen LogP contribution in [0.2, 0.25) is 0 Å². The van der Waals surface area contributed by atoms with Gasteiger partial charge in [-0.3, -0.25) is 0 Å². The Kier molecular flexibility index (Phi) is 4.18. The standard InChI is InChI=1S/C25H20/c1-2-10-20-21-13-6-8-15-23(21)25(24-16-9-7-14-22(20)24)18-17-19-11-4-3-5-12-19/h2-18H,1H3/b10-2+,18-17+. The molecule has 0 unspecified atom stereocenters. The molecule has 4 rings (SSSR count). The summed E-state index contributed by atoms with van der Waals surface area (Å²) in [4.78, 5) is 0. The molecule has 4 aromatic rings. The molecule has 120 valence electrons. The van der Waals surface area contributed by atoms with Crippen LogP contribution in [0.5, 0.6) is 0 Å². The van der Waals surface area contributed by atoms with E-state index in [1.807, 2.05) is 6.07 Å². The number of hydrogen-bond acceptors (Lipinski definition) is 0. The molecular weight excluding hydrogens is 300 g/mol. The lowest BCUT2D eigenvalue weighted by molar-refractivity contribution is 1.66. The van der Waals surface area contributed by atoms with Gasteiger partial charge in [0.25, 0.3) is 0 Å². The Morgan fingerprint density at radius 3 is 1.40 bits per heavy atom. The monoisotopic (exact) mass is 320 g/mol. The molecule has 0 atom stereocenters. The summed E-state index contributed by atoms with van der Waals surface area (Å²) in [5.74, 6) is 0. The van der Waals surface area contributed by atoms with Gasteiger partial charge in [0.05, 0.1) is 0 Å². The van der Waals surface area contributed by atoms with Crippen LogP contribution in [0.15, 0.2) is 84.9 Å². The highest BCUT2D eigenvalue weighted by Crippen LogP contribution is 2.34. The summed E-state index contributed by atoms with van der Waals surface area (Å²) >= 11 is 0. The molecule has 25 heavy (non-hydrogen) atoms. The summed E-state index contributed by atoms with van der Waals surface area (Å²) < 4.78 is 0. The van der Waals surface area contributed by atoms with Crippen LogP contribution in [-0.2, 0) is 0 Å². The van der Waals surface area contributed by atoms with Crippen LogP contribution in [0, 0.1) is 0 Å². The molecule has 0 spiro atoms. The zero-order chi connectivity index (χ0) is 17.1. The molecule has 0 aliphatic heterocycles. The lowest BCUT2D eigenvalue weighted by Gasteiger charge is -2.13. The molecule has 0 heterocycles. The minimum absolute atomic E-state index is 1.22. The second-order valence-electron chi connectivity index (χ2n) is 6.16. The molecule has 0 aliphatic rings. The Bertz CT molecular complexity index is 1030. The van der Waals surface area contributed by atoms with Crippen LogP contribution in [0.4, 0.5) is 0 Å². The maximum atomic E-state index is 2.25. The van der Waals surface area contributed by atoms with E-state index in [1.165, 1.54) is 38.2 Å². The third-order valence-corrected chi connectivity index (χ3v) is 4.59. The van der Waals surface area contributed by atoms with Crippen LogP contribution < -0.4 is 0 Å². The van der Waals surface area contributed by atoms with Crippen LogP contribution in [-0.4, -0.2) is 0 Å². The Morgan fingerprint density at radius 1 is 0.480 bits per heavy atom. The van der Waals surface area contributed by atoms with Crippen molar-refractivity contribution in [2.24, 2.45) is 0 Å². The second-order valence-corrected chi connectivity index (χ2v) is 6.16. The molecule has 0 amide bonds. The van der Waals surface area contributed by atoms with Crippen LogP contribution in [0.1, 0.15) is 23.6 Å². The molecule has 0 saturated carbocycles. The Morgan fingerprint density at radius 2 is 0.920 bits per heavy atom. The Balaban J connectivity index is 2.05. The highest BCUT2D eigenvalue weighted by Gasteiger charge is 2.09. The lowest BCUT2D eigenvalue weighted by atomic mass is 9.91. The summed E-state index contributed by atoms with van der Waals surface area (Å²) in [5.41, 5.74) is 3.79. The van der Waals surface area contributed by atoms with Gasteiger partial charge in [0.15, 0.2) is 0 Å². The van der Waals surface area contributed by atoms with Gasteiger partial charge < -0.3 is 0 Å². The fourth-order valence-corrected chi connectivity index (χ4v) is 3.47. The van der Waals surface area contributed by atoms with Gasteiger partial charge in [-0.15, -0.1) is 0 Å². The van der Waals surface area contributed by atoms with E-state index in [4.69, 9.17) is 0 Å². The summed E-state index contributed by atoms with van der Waals surface area (Å²) in [7, 11) is 0. The summed E-state index contributed by atoms with van der Waals surface area (Å²) in [6, 6.07) is 27.8. The van der Waals surface area contributed by atoms with Gasteiger partial charge in [0, 0.05) is 0 Å². The minimum atomic E-state index is 1.22. The van der Waals surface area contributed by atoms with Gasteiger partial charge in [0.2, 0.25) is 0 Å². The highest BCUT2D eigenvalue weighted by atomic mass is 14.1. The van der Waals surface area contributed by atoms with Crippen molar-refractivity contribution in [3.63, 3.8) is 0 Å². The van der Waals surface area contributed by atoms with E-state index >= 15 is 0 Å². The van der Waals surface area contributed by atoms with Gasteiger partial charge in [0.1, 0.15) is 0 Å². The summed E-state index contributed by atoms with van der Waals surface area (Å²) in [5, 5.41) is 5.18. The SMILES string of the molecule is C/C=C/c1c2ccccc2c(/C=C/c2ccccc2)c2ccccc12. The van der Waals surface area contributed by atoms with Crippen molar-refractivity contribution in [1.82, 2.24) is 0 Å². The smallest absolute Gasteiger partial charge is 0.00987 e. The predicted octanol–water partition coefficient (Wildman–Crippen LogP) is 7.20. The van der Waals surface area contributed by atoms with E-state index in [1.54, 1.807) is 0 Å². The van der Waals surface area contributed by atoms with E-state index < -0.39 is 0 Å². The third-order valence-electron chi connectivity index (χ3n) is 4.59. The summed E-state index contributed by atoms with van der Waals surface area (Å²) in [6.45, 7) is 2.08. The predicted molar refractivity (Wildman–Crippen MR) is 112 cm³/mol. The molecule has 0 nitrogen and oxygen atoms in total. The third kappa shape index (κ3) is 2.88. The van der Waals surface area contributed by atoms with E-state index in [0.717, 1.165) is 0 Å². The van der Waals surface area contributed by atoms with E-state index in [2.05, 4.69) is 104 Å². The first-order valence-corrected chi connectivity index (χ1v) is 8.68. The zero-order valence-corrected chi connectivity index (χ0v) is 14.3. The first kappa shape index (κ1) is 15.4. The fourth-order valence-electron chi connectivity index (χ4n) is 3.47. The van der Waals surface area contributed by atoms with Gasteiger partial charge in [-0.25, -0.2) is 0 Å². The van der Waals surface area contributed by atoms with E-state index in [9.17, 15) is 0 Å². The van der Waals surface area contributed by atoms with Crippen molar-refractivity contribution in [3.8, 4) is 0 Å². The van der Waals surface area contributed by atoms with Crippen molar-refractivity contribution < 1.29 is 0 Å². The number of benzene rings is 4. The normalized spacial score (nSPS) is 11.9. The average Bonchev–Trinajstić information content (AvgIpc) is 2.68. The first-order chi connectivity index (χ1) is 12.4. The van der Waals surface area contributed by atoms with Crippen LogP contribution in [0.25, 0.3) is 39.8 Å². The Labute approximate surface area is 148 Å². The maximum Gasteiger partial charge on any atom is -0.00987 e. The summed E-state index contributed by atoms with van der Waals surface area (Å²) in [6.07, 6.45) is 8.78. The number of rotatable bonds is 3. The van der Waals surface area contributed by atoms with Gasteiger partial charge in [-0.05, 0) is 45.2 Å². The van der Waals surface area contributed by atoms with Crippen molar-refractivity contribution in [3.05, 3.63) is 102 Å². The molecule has 0 fully saturated rings. The first-order valence-electron chi connectivity index (χ1n) is 8.68. The number of hydrogen-bond donors (Lipinski definition) is 0. The van der Waals surface area contributed by atoms with Crippen molar-refractivity contribution in [2.75, 3.05) is 0 Å². The lowest BCUT2D eigenvalue weighted by Crippen LogP contribution is -1.88. The van der Waals surface area contributed by atoms with Crippen LogP contribution >= 0.6 is 0 Å². The number of allylic oxidation sites excluding steroid dienone is 1. The van der Waals surface area contributed by atoms with Crippen molar-refractivity contribution in [2.45, 2.75) is 6.92 Å². The average molecular weight is 320 g/mol. The van der Waals surface area contributed by atoms with Crippen molar-refractivity contribution >= 4 is 39.8 Å². The van der Waals surface area contributed by atoms with Crippen molar-refractivity contribution in [1.29, 1.82) is 0 Å². The Hall–Kier alpha value is -3.12.